The van der Waals surface area contributed by atoms with Crippen LogP contribution in [0.25, 0.3) is 10.6 Å². The van der Waals surface area contributed by atoms with E-state index in [1.54, 1.807) is 6.92 Å². The van der Waals surface area contributed by atoms with Crippen molar-refractivity contribution in [2.75, 3.05) is 6.61 Å². The zero-order valence-corrected chi connectivity index (χ0v) is 16.8. The van der Waals surface area contributed by atoms with Gasteiger partial charge in [-0.1, -0.05) is 45.0 Å². The first-order valence-corrected chi connectivity index (χ1v) is 9.66. The number of aromatic nitrogens is 1. The number of nitrogens with one attached hydrogen (secondary N) is 1. The lowest BCUT2D eigenvalue weighted by Crippen LogP contribution is -2.38. The Labute approximate surface area is 158 Å². The molecule has 0 unspecified atom stereocenters. The normalized spacial score (nSPS) is 12.1. The first-order chi connectivity index (χ1) is 12.3. The van der Waals surface area contributed by atoms with Gasteiger partial charge in [0.15, 0.2) is 6.61 Å². The molecule has 0 aliphatic carbocycles. The summed E-state index contributed by atoms with van der Waals surface area (Å²) in [6.45, 7) is 9.56. The highest BCUT2D eigenvalue weighted by Gasteiger charge is 2.19. The number of aryl methyl sites for hydroxylation is 2. The third kappa shape index (κ3) is 5.14. The Morgan fingerprint density at radius 1 is 1.19 bits per heavy atom. The summed E-state index contributed by atoms with van der Waals surface area (Å²) in [5.41, 5.74) is 2.84. The Hall–Kier alpha value is -2.21. The van der Waals surface area contributed by atoms with Crippen molar-refractivity contribution in [2.45, 2.75) is 47.1 Å². The monoisotopic (exact) mass is 374 g/mol. The number of benzene rings is 1. The van der Waals surface area contributed by atoms with Crippen molar-refractivity contribution in [1.29, 1.82) is 0 Å². The number of thiazole rings is 1. The number of rotatable bonds is 7. The Morgan fingerprint density at radius 3 is 2.42 bits per heavy atom. The zero-order chi connectivity index (χ0) is 19.3. The summed E-state index contributed by atoms with van der Waals surface area (Å²) in [6, 6.07) is 8.16. The molecule has 2 aromatic rings. The van der Waals surface area contributed by atoms with Gasteiger partial charge in [0.25, 0.3) is 5.91 Å². The van der Waals surface area contributed by atoms with Gasteiger partial charge in [-0.2, -0.15) is 0 Å². The highest BCUT2D eigenvalue weighted by atomic mass is 32.1. The van der Waals surface area contributed by atoms with Gasteiger partial charge < -0.3 is 10.1 Å². The average molecular weight is 375 g/mol. The molecule has 2 rings (SSSR count). The smallest absolute Gasteiger partial charge is 0.350 e. The number of ether oxygens (including phenoxy) is 1. The molecule has 1 atom stereocenters. The fourth-order valence-electron chi connectivity index (χ4n) is 2.25. The van der Waals surface area contributed by atoms with Crippen LogP contribution in [0, 0.1) is 12.8 Å². The first kappa shape index (κ1) is 20.1. The number of carbonyl (C=O) groups is 2. The molecule has 0 saturated heterocycles. The fraction of sp³-hybridized carbons (Fsp3) is 0.450. The predicted molar refractivity (Wildman–Crippen MR) is 104 cm³/mol. The molecule has 1 heterocycles. The van der Waals surface area contributed by atoms with E-state index in [2.05, 4.69) is 29.4 Å². The van der Waals surface area contributed by atoms with Crippen LogP contribution in [0.3, 0.4) is 0 Å². The lowest BCUT2D eigenvalue weighted by molar-refractivity contribution is -0.125. The number of carbonyl (C=O) groups excluding carboxylic acids is 2. The summed E-state index contributed by atoms with van der Waals surface area (Å²) < 4.78 is 5.16. The van der Waals surface area contributed by atoms with Gasteiger partial charge in [-0.05, 0) is 31.7 Å². The topological polar surface area (TPSA) is 68.3 Å². The molecular weight excluding hydrogens is 348 g/mol. The lowest BCUT2D eigenvalue weighted by atomic mass is 10.1. The second-order valence-electron chi connectivity index (χ2n) is 6.66. The summed E-state index contributed by atoms with van der Waals surface area (Å²) in [4.78, 5) is 29.1. The van der Waals surface area contributed by atoms with Crippen LogP contribution < -0.4 is 5.32 Å². The van der Waals surface area contributed by atoms with Gasteiger partial charge in [0.05, 0.1) is 5.69 Å². The van der Waals surface area contributed by atoms with E-state index in [-0.39, 0.29) is 18.6 Å². The molecule has 0 radical (unpaired) electrons. The van der Waals surface area contributed by atoms with E-state index < -0.39 is 5.97 Å². The molecule has 0 aliphatic rings. The van der Waals surface area contributed by atoms with Crippen LogP contribution in [0.1, 0.15) is 48.6 Å². The number of amides is 1. The molecule has 1 amide bonds. The largest absolute Gasteiger partial charge is 0.451 e. The highest BCUT2D eigenvalue weighted by molar-refractivity contribution is 7.17. The van der Waals surface area contributed by atoms with Crippen molar-refractivity contribution in [2.24, 2.45) is 5.92 Å². The molecule has 6 heteroatoms. The summed E-state index contributed by atoms with van der Waals surface area (Å²) >= 11 is 1.29. The first-order valence-electron chi connectivity index (χ1n) is 8.85. The Kier molecular flexibility index (Phi) is 6.91. The minimum Gasteiger partial charge on any atom is -0.451 e. The Morgan fingerprint density at radius 2 is 1.85 bits per heavy atom. The second-order valence-corrected chi connectivity index (χ2v) is 7.66. The molecule has 0 spiro atoms. The quantitative estimate of drug-likeness (QED) is 0.744. The van der Waals surface area contributed by atoms with Crippen LogP contribution in [0.4, 0.5) is 0 Å². The predicted octanol–water partition coefficient (Wildman–Crippen LogP) is 4.00. The van der Waals surface area contributed by atoms with Gasteiger partial charge in [-0.15, -0.1) is 11.3 Å². The van der Waals surface area contributed by atoms with Crippen LogP contribution in [0.2, 0.25) is 0 Å². The van der Waals surface area contributed by atoms with Crippen molar-refractivity contribution in [3.8, 4) is 10.6 Å². The summed E-state index contributed by atoms with van der Waals surface area (Å²) in [7, 11) is 0. The molecule has 0 aliphatic heterocycles. The Bertz CT molecular complexity index is 766. The van der Waals surface area contributed by atoms with Gasteiger partial charge in [0.2, 0.25) is 0 Å². The van der Waals surface area contributed by atoms with E-state index in [1.807, 2.05) is 32.9 Å². The molecule has 0 fully saturated rings. The maximum Gasteiger partial charge on any atom is 0.350 e. The van der Waals surface area contributed by atoms with E-state index >= 15 is 0 Å². The van der Waals surface area contributed by atoms with E-state index in [1.165, 1.54) is 16.9 Å². The van der Waals surface area contributed by atoms with E-state index in [9.17, 15) is 9.59 Å². The molecule has 1 N–H and O–H groups in total. The highest BCUT2D eigenvalue weighted by Crippen LogP contribution is 2.28. The van der Waals surface area contributed by atoms with Gasteiger partial charge in [0.1, 0.15) is 9.88 Å². The summed E-state index contributed by atoms with van der Waals surface area (Å²) in [6.07, 6.45) is 0.978. The summed E-state index contributed by atoms with van der Waals surface area (Å²) in [5, 5.41) is 3.59. The maximum absolute atomic E-state index is 12.3. The number of esters is 1. The number of hydrogen-bond acceptors (Lipinski definition) is 5. The molecule has 26 heavy (non-hydrogen) atoms. The van der Waals surface area contributed by atoms with Crippen LogP contribution in [0.5, 0.6) is 0 Å². The molecule has 1 aromatic carbocycles. The minimum atomic E-state index is -0.510. The fourth-order valence-corrected chi connectivity index (χ4v) is 3.22. The van der Waals surface area contributed by atoms with Gasteiger partial charge >= 0.3 is 5.97 Å². The molecule has 140 valence electrons. The molecule has 0 saturated carbocycles. The van der Waals surface area contributed by atoms with Crippen LogP contribution in [-0.4, -0.2) is 29.5 Å². The zero-order valence-electron chi connectivity index (χ0n) is 16.0. The van der Waals surface area contributed by atoms with Crippen LogP contribution in [-0.2, 0) is 16.0 Å². The summed E-state index contributed by atoms with van der Waals surface area (Å²) in [5.74, 6) is -0.485. The van der Waals surface area contributed by atoms with E-state index in [0.717, 1.165) is 17.0 Å². The third-order valence-corrected chi connectivity index (χ3v) is 5.50. The Balaban J connectivity index is 2.01. The average Bonchev–Trinajstić information content (AvgIpc) is 3.01. The van der Waals surface area contributed by atoms with Gasteiger partial charge in [0, 0.05) is 11.6 Å². The van der Waals surface area contributed by atoms with Crippen molar-refractivity contribution < 1.29 is 14.3 Å². The second kappa shape index (κ2) is 8.94. The third-order valence-electron chi connectivity index (χ3n) is 4.31. The van der Waals surface area contributed by atoms with Crippen LogP contribution >= 0.6 is 11.3 Å². The van der Waals surface area contributed by atoms with Gasteiger partial charge in [-0.25, -0.2) is 9.78 Å². The molecule has 5 nitrogen and oxygen atoms in total. The van der Waals surface area contributed by atoms with E-state index in [0.29, 0.717) is 16.5 Å². The number of nitrogens with zero attached hydrogens (tertiary/aromatic N) is 1. The van der Waals surface area contributed by atoms with Crippen LogP contribution in [0.15, 0.2) is 24.3 Å². The number of hydrogen-bond donors (Lipinski definition) is 1. The van der Waals surface area contributed by atoms with Gasteiger partial charge in [-0.3, -0.25) is 4.79 Å². The standard InChI is InChI=1S/C20H26N2O3S/c1-6-15-7-9-16(10-8-15)19-22-14(5)18(26-19)20(24)25-11-17(23)21-13(4)12(2)3/h7-10,12-13H,6,11H2,1-5H3,(H,21,23)/t13-/m1/s1. The molecular formula is C20H26N2O3S. The van der Waals surface area contributed by atoms with Crippen molar-refractivity contribution in [1.82, 2.24) is 10.3 Å². The van der Waals surface area contributed by atoms with E-state index in [4.69, 9.17) is 4.74 Å². The SMILES string of the molecule is CCc1ccc(-c2nc(C)c(C(=O)OCC(=O)N[C@H](C)C(C)C)s2)cc1. The minimum absolute atomic E-state index is 0.0315. The molecule has 1 aromatic heterocycles. The lowest BCUT2D eigenvalue weighted by Gasteiger charge is -2.17. The molecule has 0 bridgehead atoms. The van der Waals surface area contributed by atoms with Crippen molar-refractivity contribution in [3.63, 3.8) is 0 Å². The van der Waals surface area contributed by atoms with Crippen molar-refractivity contribution >= 4 is 23.2 Å². The van der Waals surface area contributed by atoms with Crippen molar-refractivity contribution in [3.05, 3.63) is 40.4 Å². The maximum atomic E-state index is 12.3.